The fourth-order valence-electron chi connectivity index (χ4n) is 3.34. The Bertz CT molecular complexity index is 979. The summed E-state index contributed by atoms with van der Waals surface area (Å²) >= 11 is 0. The molecule has 0 bridgehead atoms. The third-order valence-electron chi connectivity index (χ3n) is 4.74. The maximum absolute atomic E-state index is 12.0. The molecule has 1 aliphatic heterocycles. The summed E-state index contributed by atoms with van der Waals surface area (Å²) in [5.74, 6) is -0.00137. The van der Waals surface area contributed by atoms with Crippen LogP contribution in [0, 0.1) is 0 Å². The minimum atomic E-state index is -0.543. The number of hydrogen-bond acceptors (Lipinski definition) is 5. The van der Waals surface area contributed by atoms with E-state index in [4.69, 9.17) is 4.42 Å². The summed E-state index contributed by atoms with van der Waals surface area (Å²) in [6, 6.07) is 21.7. The number of esters is 1. The van der Waals surface area contributed by atoms with Crippen LogP contribution < -0.4 is 5.32 Å². The van der Waals surface area contributed by atoms with Crippen LogP contribution in [0.2, 0.25) is 0 Å². The molecule has 3 aromatic rings. The molecule has 4 rings (SSSR count). The number of nitrogens with zero attached hydrogens (tertiary/aromatic N) is 1. The van der Waals surface area contributed by atoms with Crippen LogP contribution in [-0.2, 0) is 16.1 Å². The van der Waals surface area contributed by atoms with Crippen molar-refractivity contribution in [2.24, 2.45) is 0 Å². The fraction of sp³-hybridized carbons (Fsp3) is 0.182. The molecule has 1 aromatic heterocycles. The zero-order chi connectivity index (χ0) is 19.5. The molecule has 2 aromatic carbocycles. The van der Waals surface area contributed by atoms with E-state index in [-0.39, 0.29) is 18.2 Å². The molecule has 1 fully saturated rings. The van der Waals surface area contributed by atoms with E-state index in [0.29, 0.717) is 12.3 Å². The standard InChI is InChI=1S/C22H20N2O4/c1-27-22(26)19-12-11-18(28-19)21-23-20(25)14-24(21)13-15-7-9-17(10-8-15)16-5-3-2-4-6-16/h2-12,21H,13-14H2,1H3,(H,23,25)/t21-/m1/s1. The Labute approximate surface area is 162 Å². The minimum absolute atomic E-state index is 0.0816. The van der Waals surface area contributed by atoms with E-state index in [2.05, 4.69) is 46.5 Å². The quantitative estimate of drug-likeness (QED) is 0.692. The van der Waals surface area contributed by atoms with Crippen LogP contribution in [0.25, 0.3) is 11.1 Å². The van der Waals surface area contributed by atoms with Crippen LogP contribution in [0.4, 0.5) is 0 Å². The van der Waals surface area contributed by atoms with Crippen LogP contribution in [0.3, 0.4) is 0 Å². The first kappa shape index (κ1) is 18.0. The molecule has 28 heavy (non-hydrogen) atoms. The summed E-state index contributed by atoms with van der Waals surface area (Å²) in [7, 11) is 1.30. The second-order valence-electron chi connectivity index (χ2n) is 6.63. The Morgan fingerprint density at radius 2 is 1.79 bits per heavy atom. The smallest absolute Gasteiger partial charge is 0.373 e. The van der Waals surface area contributed by atoms with E-state index in [0.717, 1.165) is 16.7 Å². The molecule has 1 amide bonds. The van der Waals surface area contributed by atoms with Crippen LogP contribution in [0.5, 0.6) is 0 Å². The van der Waals surface area contributed by atoms with Crippen LogP contribution >= 0.6 is 0 Å². The highest BCUT2D eigenvalue weighted by Gasteiger charge is 2.33. The lowest BCUT2D eigenvalue weighted by atomic mass is 10.0. The highest BCUT2D eigenvalue weighted by molar-refractivity contribution is 5.86. The van der Waals surface area contributed by atoms with Gasteiger partial charge in [-0.25, -0.2) is 4.79 Å². The Morgan fingerprint density at radius 3 is 2.50 bits per heavy atom. The van der Waals surface area contributed by atoms with E-state index >= 15 is 0 Å². The van der Waals surface area contributed by atoms with Crippen molar-refractivity contribution in [3.63, 3.8) is 0 Å². The van der Waals surface area contributed by atoms with Gasteiger partial charge in [-0.2, -0.15) is 0 Å². The van der Waals surface area contributed by atoms with Gasteiger partial charge in [0.15, 0.2) is 0 Å². The van der Waals surface area contributed by atoms with Gasteiger partial charge in [-0.05, 0) is 28.8 Å². The zero-order valence-electron chi connectivity index (χ0n) is 15.4. The average Bonchev–Trinajstić information content (AvgIpc) is 3.35. The Morgan fingerprint density at radius 1 is 1.07 bits per heavy atom. The second kappa shape index (κ2) is 7.70. The third kappa shape index (κ3) is 3.68. The highest BCUT2D eigenvalue weighted by Crippen LogP contribution is 2.27. The Balaban J connectivity index is 1.50. The summed E-state index contributed by atoms with van der Waals surface area (Å²) in [5, 5.41) is 2.89. The molecule has 6 heteroatoms. The topological polar surface area (TPSA) is 71.8 Å². The lowest BCUT2D eigenvalue weighted by Gasteiger charge is -2.21. The molecular formula is C22H20N2O4. The predicted octanol–water partition coefficient (Wildman–Crippen LogP) is 3.36. The molecule has 2 heterocycles. The van der Waals surface area contributed by atoms with Gasteiger partial charge < -0.3 is 14.5 Å². The number of rotatable bonds is 5. The van der Waals surface area contributed by atoms with E-state index in [9.17, 15) is 9.59 Å². The van der Waals surface area contributed by atoms with Gasteiger partial charge in [0.25, 0.3) is 0 Å². The molecule has 0 spiro atoms. The number of ether oxygens (including phenoxy) is 1. The summed E-state index contributed by atoms with van der Waals surface area (Å²) in [4.78, 5) is 25.6. The average molecular weight is 376 g/mol. The number of furan rings is 1. The van der Waals surface area contributed by atoms with E-state index in [1.165, 1.54) is 7.11 Å². The lowest BCUT2D eigenvalue weighted by molar-refractivity contribution is -0.118. The number of nitrogens with one attached hydrogen (secondary N) is 1. The number of carbonyl (C=O) groups is 2. The molecule has 0 aliphatic carbocycles. The van der Waals surface area contributed by atoms with E-state index in [1.807, 2.05) is 23.1 Å². The molecule has 0 unspecified atom stereocenters. The first-order chi connectivity index (χ1) is 13.6. The molecule has 142 valence electrons. The third-order valence-corrected chi connectivity index (χ3v) is 4.74. The number of benzene rings is 2. The summed E-state index contributed by atoms with van der Waals surface area (Å²) in [6.07, 6.45) is -0.417. The van der Waals surface area contributed by atoms with Gasteiger partial charge in [0.05, 0.1) is 13.7 Å². The van der Waals surface area contributed by atoms with Crippen molar-refractivity contribution in [2.75, 3.05) is 13.7 Å². The van der Waals surface area contributed by atoms with Crippen molar-refractivity contribution in [1.82, 2.24) is 10.2 Å². The fourth-order valence-corrected chi connectivity index (χ4v) is 3.34. The van der Waals surface area contributed by atoms with E-state index in [1.54, 1.807) is 12.1 Å². The normalized spacial score (nSPS) is 16.8. The van der Waals surface area contributed by atoms with Gasteiger partial charge in [-0.3, -0.25) is 9.69 Å². The maximum atomic E-state index is 12.0. The first-order valence-corrected chi connectivity index (χ1v) is 9.00. The van der Waals surface area contributed by atoms with Crippen molar-refractivity contribution in [3.8, 4) is 11.1 Å². The van der Waals surface area contributed by atoms with Gasteiger partial charge in [-0.15, -0.1) is 0 Å². The first-order valence-electron chi connectivity index (χ1n) is 9.00. The van der Waals surface area contributed by atoms with Gasteiger partial charge in [0.2, 0.25) is 11.7 Å². The molecule has 6 nitrogen and oxygen atoms in total. The molecule has 1 atom stereocenters. The molecule has 0 saturated carbocycles. The van der Waals surface area contributed by atoms with E-state index < -0.39 is 12.1 Å². The number of methoxy groups -OCH3 is 1. The van der Waals surface area contributed by atoms with Crippen LogP contribution in [0.1, 0.15) is 28.0 Å². The Kier molecular flexibility index (Phi) is 4.95. The SMILES string of the molecule is COC(=O)c1ccc([C@@H]2NC(=O)CN2Cc2ccc(-c3ccccc3)cc2)o1. The number of carbonyl (C=O) groups excluding carboxylic acids is 2. The minimum Gasteiger partial charge on any atom is -0.463 e. The van der Waals surface area contributed by atoms with Crippen molar-refractivity contribution >= 4 is 11.9 Å². The van der Waals surface area contributed by atoms with Crippen molar-refractivity contribution < 1.29 is 18.7 Å². The van der Waals surface area contributed by atoms with Crippen molar-refractivity contribution in [2.45, 2.75) is 12.7 Å². The molecule has 1 saturated heterocycles. The largest absolute Gasteiger partial charge is 0.463 e. The summed E-state index contributed by atoms with van der Waals surface area (Å²) in [5.41, 5.74) is 3.39. The van der Waals surface area contributed by atoms with Crippen molar-refractivity contribution in [3.05, 3.63) is 83.8 Å². The molecule has 1 N–H and O–H groups in total. The predicted molar refractivity (Wildman–Crippen MR) is 103 cm³/mol. The number of hydrogen-bond donors (Lipinski definition) is 1. The lowest BCUT2D eigenvalue weighted by Crippen LogP contribution is -2.27. The summed E-state index contributed by atoms with van der Waals surface area (Å²) in [6.45, 7) is 0.839. The van der Waals surface area contributed by atoms with Crippen molar-refractivity contribution in [1.29, 1.82) is 0 Å². The second-order valence-corrected chi connectivity index (χ2v) is 6.63. The highest BCUT2D eigenvalue weighted by atomic mass is 16.5. The van der Waals surface area contributed by atoms with Gasteiger partial charge >= 0.3 is 5.97 Å². The van der Waals surface area contributed by atoms with Crippen LogP contribution in [-0.4, -0.2) is 30.4 Å². The van der Waals surface area contributed by atoms with Crippen LogP contribution in [0.15, 0.2) is 71.1 Å². The summed E-state index contributed by atoms with van der Waals surface area (Å²) < 4.78 is 10.3. The monoisotopic (exact) mass is 376 g/mol. The van der Waals surface area contributed by atoms with Gasteiger partial charge in [-0.1, -0.05) is 54.6 Å². The molecule has 0 radical (unpaired) electrons. The maximum Gasteiger partial charge on any atom is 0.373 e. The number of amides is 1. The van der Waals surface area contributed by atoms with Gasteiger partial charge in [0.1, 0.15) is 11.9 Å². The Hall–Kier alpha value is -3.38. The van der Waals surface area contributed by atoms with Gasteiger partial charge in [0, 0.05) is 6.54 Å². The molecule has 1 aliphatic rings. The zero-order valence-corrected chi connectivity index (χ0v) is 15.4. The molecular weight excluding hydrogens is 356 g/mol.